The molecule has 0 aromatic rings. The lowest BCUT2D eigenvalue weighted by molar-refractivity contribution is -0.128. The van der Waals surface area contributed by atoms with Gasteiger partial charge in [-0.05, 0) is 13.3 Å². The van der Waals surface area contributed by atoms with Gasteiger partial charge in [0.15, 0.2) is 0 Å². The van der Waals surface area contributed by atoms with Gasteiger partial charge in [0.25, 0.3) is 0 Å². The fraction of sp³-hybridized carbons (Fsp3) is 0.875. The van der Waals surface area contributed by atoms with Crippen molar-refractivity contribution in [1.29, 1.82) is 0 Å². The Hall–Kier alpha value is -1.17. The number of nitrogens with one attached hydrogen (secondary N) is 4. The van der Waals surface area contributed by atoms with Gasteiger partial charge in [0.1, 0.15) is 6.17 Å². The summed E-state index contributed by atoms with van der Waals surface area (Å²) < 4.78 is 13.6. The van der Waals surface area contributed by atoms with Gasteiger partial charge in [0, 0.05) is 44.6 Å². The van der Waals surface area contributed by atoms with Crippen LogP contribution >= 0.6 is 0 Å². The molecule has 0 aromatic carbocycles. The van der Waals surface area contributed by atoms with Crippen LogP contribution in [0.15, 0.2) is 4.99 Å². The van der Waals surface area contributed by atoms with E-state index >= 15 is 0 Å². The van der Waals surface area contributed by atoms with E-state index in [9.17, 15) is 9.18 Å². The molecular formula is C16H29FN8O. The number of hydrogen-bond acceptors (Lipinski definition) is 8. The number of halogens is 1. The third-order valence-electron chi connectivity index (χ3n) is 5.92. The largest absolute Gasteiger partial charge is 0.349 e. The monoisotopic (exact) mass is 368 g/mol. The highest BCUT2D eigenvalue weighted by molar-refractivity contribution is 5.81. The highest BCUT2D eigenvalue weighted by atomic mass is 19.1. The Morgan fingerprint density at radius 3 is 3.04 bits per heavy atom. The number of carbonyl (C=O) groups is 1. The molecule has 0 aromatic heterocycles. The molecule has 4 aliphatic rings. The van der Waals surface area contributed by atoms with Gasteiger partial charge in [0.05, 0.1) is 30.8 Å². The quantitative estimate of drug-likeness (QED) is 0.376. The summed E-state index contributed by atoms with van der Waals surface area (Å²) >= 11 is 0. The Bertz CT molecular complexity index is 562. The number of fused-ring (bicyclic) bond motifs is 1. The van der Waals surface area contributed by atoms with Gasteiger partial charge in [-0.3, -0.25) is 20.0 Å². The average Bonchev–Trinajstić information content (AvgIpc) is 3.17. The second-order valence-corrected chi connectivity index (χ2v) is 7.72. The lowest BCUT2D eigenvalue weighted by Crippen LogP contribution is -2.61. The van der Waals surface area contributed by atoms with E-state index < -0.39 is 18.3 Å². The van der Waals surface area contributed by atoms with E-state index in [1.165, 1.54) is 0 Å². The van der Waals surface area contributed by atoms with Crippen LogP contribution in [-0.4, -0.2) is 91.5 Å². The first kappa shape index (κ1) is 18.2. The van der Waals surface area contributed by atoms with E-state index in [0.29, 0.717) is 12.6 Å². The highest BCUT2D eigenvalue weighted by Gasteiger charge is 2.48. The molecule has 26 heavy (non-hydrogen) atoms. The van der Waals surface area contributed by atoms with Crippen LogP contribution in [0.25, 0.3) is 0 Å². The molecule has 4 aliphatic heterocycles. The van der Waals surface area contributed by atoms with E-state index in [4.69, 9.17) is 5.73 Å². The second-order valence-electron chi connectivity index (χ2n) is 7.72. The Kier molecular flexibility index (Phi) is 5.22. The summed E-state index contributed by atoms with van der Waals surface area (Å²) in [4.78, 5) is 19.8. The highest BCUT2D eigenvalue weighted by Crippen LogP contribution is 2.23. The van der Waals surface area contributed by atoms with Crippen molar-refractivity contribution in [2.24, 2.45) is 16.6 Å². The molecular weight excluding hydrogens is 339 g/mol. The van der Waals surface area contributed by atoms with E-state index in [-0.39, 0.29) is 37.2 Å². The summed E-state index contributed by atoms with van der Waals surface area (Å²) in [5.74, 6) is -0.572. The van der Waals surface area contributed by atoms with Crippen molar-refractivity contribution < 1.29 is 9.18 Å². The van der Waals surface area contributed by atoms with Gasteiger partial charge >= 0.3 is 0 Å². The number of hydrazine groups is 1. The molecule has 6 N–H and O–H groups in total. The van der Waals surface area contributed by atoms with Crippen LogP contribution in [0.4, 0.5) is 4.39 Å². The van der Waals surface area contributed by atoms with Crippen LogP contribution in [-0.2, 0) is 4.79 Å². The van der Waals surface area contributed by atoms with E-state index in [0.717, 1.165) is 19.6 Å². The molecule has 0 spiro atoms. The molecule has 3 fully saturated rings. The summed E-state index contributed by atoms with van der Waals surface area (Å²) in [6.07, 6.45) is 0.996. The van der Waals surface area contributed by atoms with Gasteiger partial charge in [-0.1, -0.05) is 0 Å². The number of hydrogen-bond donors (Lipinski definition) is 5. The standard InChI is InChI=1S/C16H29FN8O/c1-9-4-20-8-24(9)12-2-3-19-6-11(12)22-16(26)13-14(18)23-25-7-10(17)5-21-15(13)25/h3,9-15,20-21,23H,2,4-8,18H2,1H3,(H,22,26). The molecule has 3 saturated heterocycles. The summed E-state index contributed by atoms with van der Waals surface area (Å²) in [6.45, 7) is 5.03. The third-order valence-corrected chi connectivity index (χ3v) is 5.92. The summed E-state index contributed by atoms with van der Waals surface area (Å²) in [7, 11) is 0. The average molecular weight is 368 g/mol. The molecule has 4 heterocycles. The van der Waals surface area contributed by atoms with Crippen molar-refractivity contribution in [2.75, 3.05) is 32.8 Å². The summed E-state index contributed by atoms with van der Waals surface area (Å²) in [6, 6.07) is 0.601. The predicted octanol–water partition coefficient (Wildman–Crippen LogP) is -2.45. The maximum Gasteiger partial charge on any atom is 0.229 e. The lowest BCUT2D eigenvalue weighted by Gasteiger charge is -2.38. The Morgan fingerprint density at radius 1 is 1.42 bits per heavy atom. The van der Waals surface area contributed by atoms with Crippen LogP contribution in [0.2, 0.25) is 0 Å². The number of aliphatic imine (C=N–C) groups is 1. The van der Waals surface area contributed by atoms with Crippen LogP contribution in [0.1, 0.15) is 13.3 Å². The summed E-state index contributed by atoms with van der Waals surface area (Å²) in [5.41, 5.74) is 9.17. The van der Waals surface area contributed by atoms with Crippen molar-refractivity contribution in [3.05, 3.63) is 0 Å². The molecule has 0 aliphatic carbocycles. The normalized spacial score (nSPS) is 44.2. The van der Waals surface area contributed by atoms with Gasteiger partial charge in [-0.2, -0.15) is 0 Å². The fourth-order valence-corrected chi connectivity index (χ4v) is 4.54. The first-order chi connectivity index (χ1) is 12.5. The number of rotatable bonds is 3. The van der Waals surface area contributed by atoms with E-state index in [1.54, 1.807) is 5.01 Å². The van der Waals surface area contributed by atoms with Crippen LogP contribution in [0, 0.1) is 5.92 Å². The molecule has 146 valence electrons. The van der Waals surface area contributed by atoms with Crippen molar-refractivity contribution in [2.45, 2.75) is 50.0 Å². The van der Waals surface area contributed by atoms with E-state index in [1.807, 2.05) is 6.21 Å². The minimum absolute atomic E-state index is 0.0476. The minimum Gasteiger partial charge on any atom is -0.349 e. The van der Waals surface area contributed by atoms with Crippen LogP contribution in [0.3, 0.4) is 0 Å². The third kappa shape index (κ3) is 3.37. The van der Waals surface area contributed by atoms with Crippen molar-refractivity contribution >= 4 is 12.1 Å². The maximum atomic E-state index is 13.6. The number of carbonyl (C=O) groups excluding carboxylic acids is 1. The van der Waals surface area contributed by atoms with Crippen LogP contribution < -0.4 is 27.1 Å². The molecule has 4 rings (SSSR count). The van der Waals surface area contributed by atoms with Crippen molar-refractivity contribution in [3.63, 3.8) is 0 Å². The van der Waals surface area contributed by atoms with Gasteiger partial charge in [0.2, 0.25) is 5.91 Å². The lowest BCUT2D eigenvalue weighted by atomic mass is 9.97. The molecule has 10 heteroatoms. The van der Waals surface area contributed by atoms with Crippen molar-refractivity contribution in [3.8, 4) is 0 Å². The number of nitrogens with two attached hydrogens (primary N) is 1. The Balaban J connectivity index is 1.44. The zero-order valence-corrected chi connectivity index (χ0v) is 15.1. The molecule has 9 nitrogen and oxygen atoms in total. The maximum absolute atomic E-state index is 13.6. The molecule has 7 atom stereocenters. The molecule has 0 bridgehead atoms. The molecule has 0 saturated carbocycles. The SMILES string of the molecule is CC1CNCN1C1CC=NCC1NC(=O)C1C(N)NN2CC(F)CNC12. The minimum atomic E-state index is -0.964. The number of alkyl halides is 1. The zero-order chi connectivity index (χ0) is 18.3. The predicted molar refractivity (Wildman–Crippen MR) is 95.9 cm³/mol. The second kappa shape index (κ2) is 7.45. The topological polar surface area (TPSA) is 110 Å². The van der Waals surface area contributed by atoms with Crippen LogP contribution in [0.5, 0.6) is 0 Å². The van der Waals surface area contributed by atoms with Gasteiger partial charge in [-0.25, -0.2) is 14.8 Å². The first-order valence-electron chi connectivity index (χ1n) is 9.45. The van der Waals surface area contributed by atoms with Gasteiger partial charge in [-0.15, -0.1) is 0 Å². The molecule has 0 radical (unpaired) electrons. The van der Waals surface area contributed by atoms with Gasteiger partial charge < -0.3 is 16.4 Å². The smallest absolute Gasteiger partial charge is 0.229 e. The zero-order valence-electron chi connectivity index (χ0n) is 15.1. The number of nitrogens with zero attached hydrogens (tertiary/aromatic N) is 3. The summed E-state index contributed by atoms with van der Waals surface area (Å²) in [5, 5.41) is 11.4. The van der Waals surface area contributed by atoms with E-state index in [2.05, 4.69) is 38.2 Å². The molecule has 1 amide bonds. The van der Waals surface area contributed by atoms with Crippen molar-refractivity contribution in [1.82, 2.24) is 31.3 Å². The Labute approximate surface area is 152 Å². The fourth-order valence-electron chi connectivity index (χ4n) is 4.54. The first-order valence-corrected chi connectivity index (χ1v) is 9.45. The Morgan fingerprint density at radius 2 is 2.27 bits per heavy atom. The molecule has 7 unspecified atom stereocenters. The number of amides is 1.